The van der Waals surface area contributed by atoms with Crippen molar-refractivity contribution in [1.29, 1.82) is 0 Å². The number of benzene rings is 2. The number of thiazole rings is 1. The Bertz CT molecular complexity index is 1420. The Labute approximate surface area is 215 Å². The van der Waals surface area contributed by atoms with Crippen molar-refractivity contribution in [2.75, 3.05) is 16.0 Å². The summed E-state index contributed by atoms with van der Waals surface area (Å²) in [6.45, 7) is 1.46. The standard InChI is InChI=1S/C23H16ClF5N4O3S/c1-10-17(18(34)32-16-8-11(23(27,28)29)2-4-13(16)24)37-21(30-10)33-20(36)22(6-7-22)19(35)31-12-3-5-14(25)15(26)9-12/h2-5,8-9H,6-7H2,1H3,(H,31,35)(H,32,34)(H,30,33,36). The van der Waals surface area contributed by atoms with Gasteiger partial charge in [-0.15, -0.1) is 0 Å². The maximum Gasteiger partial charge on any atom is 0.416 e. The second kappa shape index (κ2) is 9.71. The molecule has 3 N–H and O–H groups in total. The number of carbonyl (C=O) groups excluding carboxylic acids is 3. The minimum absolute atomic E-state index is 0.000126. The summed E-state index contributed by atoms with van der Waals surface area (Å²) in [7, 11) is 0. The van der Waals surface area contributed by atoms with Gasteiger partial charge >= 0.3 is 6.18 Å². The number of carbonyl (C=O) groups is 3. The molecular weight excluding hydrogens is 543 g/mol. The molecule has 3 aromatic rings. The van der Waals surface area contributed by atoms with Gasteiger partial charge in [0.1, 0.15) is 10.3 Å². The van der Waals surface area contributed by atoms with Gasteiger partial charge in [0.05, 0.1) is 22.0 Å². The first-order valence-electron chi connectivity index (χ1n) is 10.5. The molecule has 1 aromatic heterocycles. The van der Waals surface area contributed by atoms with Crippen LogP contribution in [0.3, 0.4) is 0 Å². The number of anilines is 3. The van der Waals surface area contributed by atoms with Crippen LogP contribution < -0.4 is 16.0 Å². The smallest absolute Gasteiger partial charge is 0.325 e. The lowest BCUT2D eigenvalue weighted by molar-refractivity contribution is -0.137. The Morgan fingerprint density at radius 2 is 1.65 bits per heavy atom. The van der Waals surface area contributed by atoms with Gasteiger partial charge in [0.15, 0.2) is 16.8 Å². The zero-order valence-corrected chi connectivity index (χ0v) is 20.3. The van der Waals surface area contributed by atoms with E-state index < -0.39 is 46.5 Å². The van der Waals surface area contributed by atoms with Crippen LogP contribution in [0.2, 0.25) is 5.02 Å². The number of hydrogen-bond acceptors (Lipinski definition) is 5. The molecular formula is C23H16ClF5N4O3S. The van der Waals surface area contributed by atoms with E-state index in [1.807, 2.05) is 0 Å². The Morgan fingerprint density at radius 3 is 2.27 bits per heavy atom. The van der Waals surface area contributed by atoms with E-state index in [1.54, 1.807) is 0 Å². The third-order valence-electron chi connectivity index (χ3n) is 5.56. The fraction of sp³-hybridized carbons (Fsp3) is 0.217. The van der Waals surface area contributed by atoms with Gasteiger partial charge in [0.2, 0.25) is 11.8 Å². The first kappa shape index (κ1) is 26.5. The van der Waals surface area contributed by atoms with Crippen LogP contribution in [0.1, 0.15) is 33.8 Å². The van der Waals surface area contributed by atoms with Gasteiger partial charge in [-0.25, -0.2) is 13.8 Å². The molecule has 0 bridgehead atoms. The summed E-state index contributed by atoms with van der Waals surface area (Å²) in [5.74, 6) is -4.49. The van der Waals surface area contributed by atoms with E-state index >= 15 is 0 Å². The first-order valence-corrected chi connectivity index (χ1v) is 11.7. The maximum atomic E-state index is 13.4. The van der Waals surface area contributed by atoms with Crippen LogP contribution in [0.5, 0.6) is 0 Å². The fourth-order valence-electron chi connectivity index (χ4n) is 3.36. The third kappa shape index (κ3) is 5.57. The number of halogens is 6. The molecule has 14 heteroatoms. The molecule has 4 rings (SSSR count). The Kier molecular flexibility index (Phi) is 6.95. The molecule has 194 valence electrons. The number of aromatic nitrogens is 1. The summed E-state index contributed by atoms with van der Waals surface area (Å²) in [5, 5.41) is 7.03. The number of alkyl halides is 3. The van der Waals surface area contributed by atoms with Crippen molar-refractivity contribution in [2.45, 2.75) is 25.9 Å². The third-order valence-corrected chi connectivity index (χ3v) is 6.96. The molecule has 7 nitrogen and oxygen atoms in total. The van der Waals surface area contributed by atoms with Crippen LogP contribution in [-0.2, 0) is 15.8 Å². The highest BCUT2D eigenvalue weighted by Gasteiger charge is 2.56. The second-order valence-corrected chi connectivity index (χ2v) is 9.61. The monoisotopic (exact) mass is 558 g/mol. The highest BCUT2D eigenvalue weighted by atomic mass is 35.5. The van der Waals surface area contributed by atoms with E-state index in [-0.39, 0.29) is 44.9 Å². The molecule has 1 saturated carbocycles. The topological polar surface area (TPSA) is 100 Å². The first-order chi connectivity index (χ1) is 17.3. The molecule has 0 aliphatic heterocycles. The minimum Gasteiger partial charge on any atom is -0.325 e. The number of amides is 3. The minimum atomic E-state index is -4.64. The van der Waals surface area contributed by atoms with Gasteiger partial charge in [-0.05, 0) is 50.1 Å². The Balaban J connectivity index is 1.45. The predicted octanol–water partition coefficient (Wildman–Crippen LogP) is 6.01. The lowest BCUT2D eigenvalue weighted by Crippen LogP contribution is -2.35. The number of nitrogens with zero attached hydrogens (tertiary/aromatic N) is 1. The molecule has 3 amide bonds. The van der Waals surface area contributed by atoms with E-state index in [0.717, 1.165) is 41.7 Å². The van der Waals surface area contributed by atoms with Gasteiger partial charge in [-0.1, -0.05) is 22.9 Å². The SMILES string of the molecule is Cc1nc(NC(=O)C2(C(=O)Nc3ccc(F)c(F)c3)CC2)sc1C(=O)Nc1cc(C(F)(F)F)ccc1Cl. The van der Waals surface area contributed by atoms with E-state index in [4.69, 9.17) is 11.6 Å². The van der Waals surface area contributed by atoms with Crippen LogP contribution in [0, 0.1) is 24.0 Å². The largest absolute Gasteiger partial charge is 0.416 e. The Morgan fingerprint density at radius 1 is 0.973 bits per heavy atom. The van der Waals surface area contributed by atoms with Gasteiger partial charge in [-0.2, -0.15) is 13.2 Å². The normalized spacial score (nSPS) is 14.1. The van der Waals surface area contributed by atoms with E-state index in [9.17, 15) is 36.3 Å². The van der Waals surface area contributed by atoms with E-state index in [1.165, 1.54) is 6.92 Å². The summed E-state index contributed by atoms with van der Waals surface area (Å²) in [4.78, 5) is 42.3. The van der Waals surface area contributed by atoms with Crippen molar-refractivity contribution in [3.8, 4) is 0 Å². The number of nitrogens with one attached hydrogen (secondary N) is 3. The highest BCUT2D eigenvalue weighted by molar-refractivity contribution is 7.17. The quantitative estimate of drug-likeness (QED) is 0.255. The van der Waals surface area contributed by atoms with Gasteiger partial charge in [0, 0.05) is 11.8 Å². The molecule has 2 aromatic carbocycles. The van der Waals surface area contributed by atoms with Crippen LogP contribution in [-0.4, -0.2) is 22.7 Å². The molecule has 0 spiro atoms. The van der Waals surface area contributed by atoms with Crippen molar-refractivity contribution in [2.24, 2.45) is 5.41 Å². The van der Waals surface area contributed by atoms with E-state index in [2.05, 4.69) is 20.9 Å². The van der Waals surface area contributed by atoms with Crippen molar-refractivity contribution in [1.82, 2.24) is 4.98 Å². The lowest BCUT2D eigenvalue weighted by Gasteiger charge is -2.14. The zero-order valence-electron chi connectivity index (χ0n) is 18.7. The zero-order chi connectivity index (χ0) is 27.1. The average molecular weight is 559 g/mol. The van der Waals surface area contributed by atoms with Gasteiger partial charge < -0.3 is 16.0 Å². The van der Waals surface area contributed by atoms with Gasteiger partial charge in [-0.3, -0.25) is 14.4 Å². The molecule has 1 heterocycles. The van der Waals surface area contributed by atoms with Crippen LogP contribution in [0.15, 0.2) is 36.4 Å². The molecule has 0 saturated heterocycles. The number of aryl methyl sites for hydroxylation is 1. The van der Waals surface area contributed by atoms with Crippen LogP contribution in [0.25, 0.3) is 0 Å². The molecule has 1 aliphatic carbocycles. The predicted molar refractivity (Wildman–Crippen MR) is 127 cm³/mol. The van der Waals surface area contributed by atoms with Crippen LogP contribution >= 0.6 is 22.9 Å². The summed E-state index contributed by atoms with van der Waals surface area (Å²) < 4.78 is 65.5. The van der Waals surface area contributed by atoms with Crippen molar-refractivity contribution in [3.63, 3.8) is 0 Å². The molecule has 0 radical (unpaired) electrons. The van der Waals surface area contributed by atoms with Crippen molar-refractivity contribution >= 4 is 57.2 Å². The maximum absolute atomic E-state index is 13.4. The Hall–Kier alpha value is -3.58. The summed E-state index contributed by atoms with van der Waals surface area (Å²) in [6.07, 6.45) is -4.25. The fourth-order valence-corrected chi connectivity index (χ4v) is 4.38. The van der Waals surface area contributed by atoms with Crippen molar-refractivity contribution < 1.29 is 36.3 Å². The molecule has 1 fully saturated rings. The number of rotatable bonds is 6. The second-order valence-electron chi connectivity index (χ2n) is 8.20. The van der Waals surface area contributed by atoms with E-state index in [0.29, 0.717) is 6.07 Å². The highest BCUT2D eigenvalue weighted by Crippen LogP contribution is 2.48. The summed E-state index contributed by atoms with van der Waals surface area (Å²) in [5.41, 5.74) is -2.57. The molecule has 0 unspecified atom stereocenters. The summed E-state index contributed by atoms with van der Waals surface area (Å²) >= 11 is 6.67. The molecule has 37 heavy (non-hydrogen) atoms. The lowest BCUT2D eigenvalue weighted by atomic mass is 10.1. The molecule has 0 atom stereocenters. The summed E-state index contributed by atoms with van der Waals surface area (Å²) in [6, 6.07) is 5.25. The number of hydrogen-bond donors (Lipinski definition) is 3. The van der Waals surface area contributed by atoms with Crippen molar-refractivity contribution in [3.05, 3.63) is 69.2 Å². The van der Waals surface area contributed by atoms with Crippen LogP contribution in [0.4, 0.5) is 38.5 Å². The van der Waals surface area contributed by atoms with Gasteiger partial charge in [0.25, 0.3) is 5.91 Å². The average Bonchev–Trinajstić information content (AvgIpc) is 3.55. The molecule has 1 aliphatic rings.